The molecule has 0 saturated heterocycles. The Morgan fingerprint density at radius 3 is 2.52 bits per heavy atom. The van der Waals surface area contributed by atoms with E-state index in [9.17, 15) is 4.79 Å². The molecule has 1 aliphatic rings. The van der Waals surface area contributed by atoms with Gasteiger partial charge in [0.15, 0.2) is 6.10 Å². The van der Waals surface area contributed by atoms with Gasteiger partial charge in [0.05, 0.1) is 16.1 Å². The predicted octanol–water partition coefficient (Wildman–Crippen LogP) is 5.02. The molecule has 2 rings (SSSR count). The Balaban J connectivity index is 2.03. The second-order valence-electron chi connectivity index (χ2n) is 7.13. The van der Waals surface area contributed by atoms with Gasteiger partial charge in [0.1, 0.15) is 0 Å². The number of halogens is 2. The molecular formula is C19H28Cl2N2O2. The van der Waals surface area contributed by atoms with Gasteiger partial charge in [-0.25, -0.2) is 0 Å². The molecule has 0 aromatic heterocycles. The van der Waals surface area contributed by atoms with E-state index in [4.69, 9.17) is 33.7 Å². The van der Waals surface area contributed by atoms with Crippen LogP contribution >= 0.6 is 23.2 Å². The highest BCUT2D eigenvalue weighted by Crippen LogP contribution is 2.29. The molecule has 0 bridgehead atoms. The molecule has 0 radical (unpaired) electrons. The summed E-state index contributed by atoms with van der Waals surface area (Å²) in [4.78, 5) is 12.7. The van der Waals surface area contributed by atoms with Crippen LogP contribution < -0.4 is 11.1 Å². The number of nitrogens with one attached hydrogen (secondary N) is 1. The van der Waals surface area contributed by atoms with Crippen molar-refractivity contribution in [3.8, 4) is 0 Å². The number of carbonyl (C=O) groups is 1. The molecule has 140 valence electrons. The fourth-order valence-corrected chi connectivity index (χ4v) is 3.67. The average molecular weight is 387 g/mol. The van der Waals surface area contributed by atoms with Crippen molar-refractivity contribution in [2.45, 2.75) is 70.6 Å². The fourth-order valence-electron chi connectivity index (χ4n) is 3.37. The maximum Gasteiger partial charge on any atom is 0.255 e. The molecule has 25 heavy (non-hydrogen) atoms. The van der Waals surface area contributed by atoms with Gasteiger partial charge in [-0.2, -0.15) is 0 Å². The van der Waals surface area contributed by atoms with Crippen LogP contribution in [0.1, 0.15) is 52.4 Å². The van der Waals surface area contributed by atoms with Crippen molar-refractivity contribution in [2.75, 3.05) is 5.32 Å². The highest BCUT2D eigenvalue weighted by Gasteiger charge is 2.30. The molecular weight excluding hydrogens is 359 g/mol. The molecule has 0 aliphatic heterocycles. The van der Waals surface area contributed by atoms with E-state index in [-0.39, 0.29) is 18.1 Å². The number of carbonyl (C=O) groups excluding carboxylic acids is 1. The molecule has 1 aromatic carbocycles. The third kappa shape index (κ3) is 6.45. The van der Waals surface area contributed by atoms with Crippen LogP contribution in [0.15, 0.2) is 18.2 Å². The molecule has 0 spiro atoms. The molecule has 1 fully saturated rings. The lowest BCUT2D eigenvalue weighted by atomic mass is 9.84. The van der Waals surface area contributed by atoms with E-state index in [1.54, 1.807) is 18.2 Å². The van der Waals surface area contributed by atoms with Crippen LogP contribution in [0, 0.1) is 5.92 Å². The minimum Gasteiger partial charge on any atom is -0.364 e. The van der Waals surface area contributed by atoms with Crippen molar-refractivity contribution >= 4 is 34.8 Å². The molecule has 1 amide bonds. The minimum atomic E-state index is -0.684. The van der Waals surface area contributed by atoms with Crippen LogP contribution in [0.4, 0.5) is 5.69 Å². The number of nitrogens with two attached hydrogens (primary N) is 1. The zero-order valence-electron chi connectivity index (χ0n) is 14.9. The first kappa shape index (κ1) is 20.5. The molecule has 1 saturated carbocycles. The smallest absolute Gasteiger partial charge is 0.255 e. The van der Waals surface area contributed by atoms with Crippen molar-refractivity contribution in [2.24, 2.45) is 11.7 Å². The van der Waals surface area contributed by atoms with Crippen LogP contribution in [-0.2, 0) is 9.53 Å². The molecule has 4 nitrogen and oxygen atoms in total. The van der Waals surface area contributed by atoms with Gasteiger partial charge >= 0.3 is 0 Å². The zero-order valence-corrected chi connectivity index (χ0v) is 16.4. The van der Waals surface area contributed by atoms with Crippen LogP contribution in [0.3, 0.4) is 0 Å². The maximum atomic E-state index is 12.7. The highest BCUT2D eigenvalue weighted by atomic mass is 35.5. The quantitative estimate of drug-likeness (QED) is 0.690. The average Bonchev–Trinajstić information content (AvgIpc) is 2.56. The standard InChI is InChI=1S/C19H28Cl2N2O2/c1-12(2)25-18(17(22)10-13-6-4-3-5-7-13)19(24)23-14-8-9-15(20)16(21)11-14/h8-9,11-13,17-18H,3-7,10,22H2,1-2H3,(H,23,24). The molecule has 2 atom stereocenters. The maximum absolute atomic E-state index is 12.7. The van der Waals surface area contributed by atoms with Crippen LogP contribution in [0.5, 0.6) is 0 Å². The monoisotopic (exact) mass is 386 g/mol. The Hall–Kier alpha value is -0.810. The van der Waals surface area contributed by atoms with E-state index in [0.717, 1.165) is 6.42 Å². The summed E-state index contributed by atoms with van der Waals surface area (Å²) in [6, 6.07) is 4.67. The number of anilines is 1. The third-order valence-electron chi connectivity index (χ3n) is 4.58. The Kier molecular flexibility index (Phi) is 8.01. The first-order chi connectivity index (χ1) is 11.9. The van der Waals surface area contributed by atoms with Gasteiger partial charge < -0.3 is 15.8 Å². The first-order valence-corrected chi connectivity index (χ1v) is 9.79. The van der Waals surface area contributed by atoms with Crippen molar-refractivity contribution in [1.29, 1.82) is 0 Å². The van der Waals surface area contributed by atoms with Gasteiger partial charge in [-0.1, -0.05) is 55.3 Å². The van der Waals surface area contributed by atoms with E-state index in [0.29, 0.717) is 21.7 Å². The number of hydrogen-bond donors (Lipinski definition) is 2. The Bertz CT molecular complexity index is 575. The summed E-state index contributed by atoms with van der Waals surface area (Å²) in [6.45, 7) is 3.82. The van der Waals surface area contributed by atoms with Crippen LogP contribution in [0.25, 0.3) is 0 Å². The van der Waals surface area contributed by atoms with Gasteiger partial charge in [0.2, 0.25) is 0 Å². The molecule has 0 heterocycles. The third-order valence-corrected chi connectivity index (χ3v) is 5.32. The molecule has 1 aliphatic carbocycles. The second kappa shape index (κ2) is 9.77. The zero-order chi connectivity index (χ0) is 18.4. The first-order valence-electron chi connectivity index (χ1n) is 9.03. The molecule has 3 N–H and O–H groups in total. The number of benzene rings is 1. The van der Waals surface area contributed by atoms with Crippen molar-refractivity contribution in [3.63, 3.8) is 0 Å². The highest BCUT2D eigenvalue weighted by molar-refractivity contribution is 6.42. The molecule has 6 heteroatoms. The van der Waals surface area contributed by atoms with Gasteiger partial charge in [-0.3, -0.25) is 4.79 Å². The Labute approximate surface area is 160 Å². The summed E-state index contributed by atoms with van der Waals surface area (Å²) in [6.07, 6.45) is 6.23. The minimum absolute atomic E-state index is 0.0815. The molecule has 2 unspecified atom stereocenters. The van der Waals surface area contributed by atoms with E-state index in [1.165, 1.54) is 32.1 Å². The number of rotatable bonds is 7. The largest absolute Gasteiger partial charge is 0.364 e. The summed E-state index contributed by atoms with van der Waals surface area (Å²) in [5, 5.41) is 3.69. The second-order valence-corrected chi connectivity index (χ2v) is 7.94. The summed E-state index contributed by atoms with van der Waals surface area (Å²) in [5.74, 6) is 0.343. The SMILES string of the molecule is CC(C)OC(C(=O)Nc1ccc(Cl)c(Cl)c1)C(N)CC1CCCCC1. The lowest BCUT2D eigenvalue weighted by Crippen LogP contribution is -2.47. The van der Waals surface area contributed by atoms with Crippen LogP contribution in [-0.4, -0.2) is 24.2 Å². The summed E-state index contributed by atoms with van der Waals surface area (Å²) in [7, 11) is 0. The lowest BCUT2D eigenvalue weighted by Gasteiger charge is -2.30. The van der Waals surface area contributed by atoms with Gasteiger partial charge in [-0.05, 0) is 44.4 Å². The van der Waals surface area contributed by atoms with Crippen LogP contribution in [0.2, 0.25) is 10.0 Å². The Morgan fingerprint density at radius 2 is 1.92 bits per heavy atom. The Morgan fingerprint density at radius 1 is 1.24 bits per heavy atom. The summed E-state index contributed by atoms with van der Waals surface area (Å²) in [5.41, 5.74) is 6.96. The van der Waals surface area contributed by atoms with E-state index in [2.05, 4.69) is 5.32 Å². The predicted molar refractivity (Wildman–Crippen MR) is 104 cm³/mol. The van der Waals surface area contributed by atoms with Crippen molar-refractivity contribution in [3.05, 3.63) is 28.2 Å². The fraction of sp³-hybridized carbons (Fsp3) is 0.632. The number of ether oxygens (including phenoxy) is 1. The van der Waals surface area contributed by atoms with E-state index in [1.807, 2.05) is 13.8 Å². The van der Waals surface area contributed by atoms with Crippen molar-refractivity contribution in [1.82, 2.24) is 0 Å². The normalized spacial score (nSPS) is 18.2. The van der Waals surface area contributed by atoms with Crippen molar-refractivity contribution < 1.29 is 9.53 Å². The van der Waals surface area contributed by atoms with Gasteiger partial charge in [0.25, 0.3) is 5.91 Å². The number of amides is 1. The van der Waals surface area contributed by atoms with E-state index >= 15 is 0 Å². The van der Waals surface area contributed by atoms with Gasteiger partial charge in [0, 0.05) is 11.7 Å². The van der Waals surface area contributed by atoms with E-state index < -0.39 is 6.10 Å². The summed E-state index contributed by atoms with van der Waals surface area (Å²) >= 11 is 11.9. The summed E-state index contributed by atoms with van der Waals surface area (Å²) < 4.78 is 5.85. The topological polar surface area (TPSA) is 64.3 Å². The number of hydrogen-bond acceptors (Lipinski definition) is 3. The van der Waals surface area contributed by atoms with Gasteiger partial charge in [-0.15, -0.1) is 0 Å². The lowest BCUT2D eigenvalue weighted by molar-refractivity contribution is -0.132. The molecule has 1 aromatic rings.